The third-order valence-corrected chi connectivity index (χ3v) is 4.21. The number of carbonyl (C=O) groups excluding carboxylic acids is 2. The molecule has 0 aliphatic carbocycles. The largest absolute Gasteiger partial charge is 0.443 e. The molecular formula is C16H20N4O6. The van der Waals surface area contributed by atoms with Gasteiger partial charge in [-0.15, -0.1) is 0 Å². The smallest absolute Gasteiger partial charge is 0.420 e. The fraction of sp³-hybridized carbons (Fsp3) is 0.562. The number of ether oxygens (including phenoxy) is 2. The summed E-state index contributed by atoms with van der Waals surface area (Å²) < 4.78 is 10.6. The van der Waals surface area contributed by atoms with E-state index in [4.69, 9.17) is 9.47 Å². The van der Waals surface area contributed by atoms with Gasteiger partial charge in [0, 0.05) is 25.7 Å². The summed E-state index contributed by atoms with van der Waals surface area (Å²) in [6, 6.07) is 0.979. The quantitative estimate of drug-likeness (QED) is 0.580. The maximum atomic E-state index is 12.4. The van der Waals surface area contributed by atoms with Crippen molar-refractivity contribution >= 4 is 23.6 Å². The first-order valence-electron chi connectivity index (χ1n) is 8.23. The Bertz CT molecular complexity index is 747. The first kappa shape index (κ1) is 17.9. The molecule has 3 rings (SSSR count). The van der Waals surface area contributed by atoms with E-state index in [1.165, 1.54) is 12.4 Å². The Morgan fingerprint density at radius 3 is 2.85 bits per heavy atom. The van der Waals surface area contributed by atoms with Crippen LogP contribution in [0.25, 0.3) is 0 Å². The van der Waals surface area contributed by atoms with Crippen LogP contribution in [0.3, 0.4) is 0 Å². The SMILES string of the molecule is CC(C)(C)OC(=O)N1C(=O)OC2CCN(c3ccncc3[N+](=O)[O-])CC21. The van der Waals surface area contributed by atoms with E-state index in [0.29, 0.717) is 18.7 Å². The number of rotatable bonds is 2. The average Bonchev–Trinajstić information content (AvgIpc) is 2.88. The number of anilines is 1. The number of nitro groups is 1. The van der Waals surface area contributed by atoms with E-state index in [2.05, 4.69) is 4.98 Å². The van der Waals surface area contributed by atoms with E-state index in [1.54, 1.807) is 31.7 Å². The van der Waals surface area contributed by atoms with E-state index in [0.717, 1.165) is 4.90 Å². The first-order valence-corrected chi connectivity index (χ1v) is 8.23. The van der Waals surface area contributed by atoms with Gasteiger partial charge in [0.1, 0.15) is 29.6 Å². The molecule has 10 nitrogen and oxygen atoms in total. The van der Waals surface area contributed by atoms with Gasteiger partial charge in [0.15, 0.2) is 0 Å². The highest BCUT2D eigenvalue weighted by atomic mass is 16.6. The molecule has 2 fully saturated rings. The Morgan fingerprint density at radius 1 is 1.46 bits per heavy atom. The summed E-state index contributed by atoms with van der Waals surface area (Å²) in [5.41, 5.74) is -0.486. The third-order valence-electron chi connectivity index (χ3n) is 4.21. The molecule has 1 aromatic rings. The normalized spacial score (nSPS) is 22.7. The number of fused-ring (bicyclic) bond motifs is 1. The average molecular weight is 364 g/mol. The van der Waals surface area contributed by atoms with Crippen LogP contribution in [0, 0.1) is 10.1 Å². The Morgan fingerprint density at radius 2 is 2.19 bits per heavy atom. The van der Waals surface area contributed by atoms with Crippen molar-refractivity contribution in [3.63, 3.8) is 0 Å². The molecule has 2 atom stereocenters. The molecular weight excluding hydrogens is 344 g/mol. The lowest BCUT2D eigenvalue weighted by Crippen LogP contribution is -2.53. The molecule has 10 heteroatoms. The Balaban J connectivity index is 1.84. The Hall–Kier alpha value is -2.91. The van der Waals surface area contributed by atoms with Crippen LogP contribution in [0.2, 0.25) is 0 Å². The van der Waals surface area contributed by atoms with E-state index >= 15 is 0 Å². The number of pyridine rings is 1. The molecule has 2 aliphatic heterocycles. The molecule has 0 radical (unpaired) electrons. The molecule has 0 N–H and O–H groups in total. The van der Waals surface area contributed by atoms with Crippen LogP contribution in [-0.2, 0) is 9.47 Å². The third kappa shape index (κ3) is 3.39. The molecule has 26 heavy (non-hydrogen) atoms. The van der Waals surface area contributed by atoms with Gasteiger partial charge < -0.3 is 14.4 Å². The van der Waals surface area contributed by atoms with Crippen LogP contribution in [0.15, 0.2) is 18.5 Å². The van der Waals surface area contributed by atoms with E-state index < -0.39 is 34.9 Å². The highest BCUT2D eigenvalue weighted by molar-refractivity contribution is 5.90. The van der Waals surface area contributed by atoms with Crippen molar-refractivity contribution in [1.29, 1.82) is 0 Å². The van der Waals surface area contributed by atoms with Crippen molar-refractivity contribution in [2.45, 2.75) is 44.9 Å². The minimum Gasteiger partial charge on any atom is -0.443 e. The molecule has 0 aromatic carbocycles. The van der Waals surface area contributed by atoms with Gasteiger partial charge >= 0.3 is 17.9 Å². The number of hydrogen-bond donors (Lipinski definition) is 0. The van der Waals surface area contributed by atoms with Gasteiger partial charge in [0.2, 0.25) is 0 Å². The van der Waals surface area contributed by atoms with Gasteiger partial charge in [-0.05, 0) is 26.8 Å². The zero-order valence-corrected chi connectivity index (χ0v) is 14.7. The summed E-state index contributed by atoms with van der Waals surface area (Å²) in [5.74, 6) is 0. The molecule has 3 heterocycles. The van der Waals surface area contributed by atoms with Gasteiger partial charge in [0.25, 0.3) is 0 Å². The van der Waals surface area contributed by atoms with Gasteiger partial charge in [0.05, 0.1) is 4.92 Å². The number of amides is 2. The second kappa shape index (κ2) is 6.43. The van der Waals surface area contributed by atoms with E-state index in [-0.39, 0.29) is 12.2 Å². The topological polar surface area (TPSA) is 115 Å². The molecule has 2 unspecified atom stereocenters. The summed E-state index contributed by atoms with van der Waals surface area (Å²) in [5, 5.41) is 11.2. The summed E-state index contributed by atoms with van der Waals surface area (Å²) in [7, 11) is 0. The molecule has 2 amide bonds. The molecule has 2 saturated heterocycles. The summed E-state index contributed by atoms with van der Waals surface area (Å²) in [4.78, 5) is 41.8. The van der Waals surface area contributed by atoms with Crippen molar-refractivity contribution in [2.75, 3.05) is 18.0 Å². The number of carbonyl (C=O) groups is 2. The van der Waals surface area contributed by atoms with Crippen molar-refractivity contribution in [3.05, 3.63) is 28.6 Å². The second-order valence-corrected chi connectivity index (χ2v) is 7.20. The molecule has 0 bridgehead atoms. The minimum absolute atomic E-state index is 0.125. The standard InChI is InChI=1S/C16H20N4O6/c1-16(2,3)26-15(22)19-12-9-18(7-5-13(12)25-14(19)21)10-4-6-17-8-11(10)20(23)24/h4,6,8,12-13H,5,7,9H2,1-3H3. The maximum absolute atomic E-state index is 12.4. The van der Waals surface area contributed by atoms with Crippen LogP contribution in [-0.4, -0.2) is 57.8 Å². The van der Waals surface area contributed by atoms with Crippen molar-refractivity contribution < 1.29 is 24.0 Å². The van der Waals surface area contributed by atoms with Crippen molar-refractivity contribution in [2.24, 2.45) is 0 Å². The lowest BCUT2D eigenvalue weighted by Gasteiger charge is -2.36. The Kier molecular flexibility index (Phi) is 4.43. The van der Waals surface area contributed by atoms with Crippen LogP contribution < -0.4 is 4.90 Å². The lowest BCUT2D eigenvalue weighted by atomic mass is 10.0. The summed E-state index contributed by atoms with van der Waals surface area (Å²) >= 11 is 0. The number of piperidine rings is 1. The van der Waals surface area contributed by atoms with E-state index in [9.17, 15) is 19.7 Å². The lowest BCUT2D eigenvalue weighted by molar-refractivity contribution is -0.384. The van der Waals surface area contributed by atoms with E-state index in [1.807, 2.05) is 0 Å². The predicted octanol–water partition coefficient (Wildman–Crippen LogP) is 2.32. The predicted molar refractivity (Wildman–Crippen MR) is 89.9 cm³/mol. The number of aromatic nitrogens is 1. The van der Waals surface area contributed by atoms with Crippen LogP contribution >= 0.6 is 0 Å². The Labute approximate surface area is 149 Å². The highest BCUT2D eigenvalue weighted by Gasteiger charge is 2.50. The highest BCUT2D eigenvalue weighted by Crippen LogP contribution is 2.34. The van der Waals surface area contributed by atoms with Crippen LogP contribution in [0.1, 0.15) is 27.2 Å². The monoisotopic (exact) mass is 364 g/mol. The van der Waals surface area contributed by atoms with Crippen molar-refractivity contribution in [3.8, 4) is 0 Å². The van der Waals surface area contributed by atoms with Gasteiger partial charge in [-0.25, -0.2) is 14.5 Å². The molecule has 0 spiro atoms. The van der Waals surface area contributed by atoms with Gasteiger partial charge in [-0.3, -0.25) is 15.1 Å². The molecule has 2 aliphatic rings. The zero-order valence-electron chi connectivity index (χ0n) is 14.7. The number of nitrogens with zero attached hydrogens (tertiary/aromatic N) is 4. The minimum atomic E-state index is -0.777. The first-order chi connectivity index (χ1) is 12.2. The van der Waals surface area contributed by atoms with Crippen molar-refractivity contribution in [1.82, 2.24) is 9.88 Å². The fourth-order valence-electron chi connectivity index (χ4n) is 3.14. The molecule has 1 aromatic heterocycles. The van der Waals surface area contributed by atoms with Gasteiger partial charge in [-0.1, -0.05) is 0 Å². The maximum Gasteiger partial charge on any atom is 0.420 e. The summed E-state index contributed by atoms with van der Waals surface area (Å²) in [6.45, 7) is 5.80. The number of hydrogen-bond acceptors (Lipinski definition) is 8. The summed E-state index contributed by atoms with van der Waals surface area (Å²) in [6.07, 6.45) is 1.13. The van der Waals surface area contributed by atoms with Gasteiger partial charge in [-0.2, -0.15) is 0 Å². The number of imide groups is 1. The molecule has 140 valence electrons. The van der Waals surface area contributed by atoms with Crippen LogP contribution in [0.4, 0.5) is 21.0 Å². The zero-order chi connectivity index (χ0) is 19.1. The molecule has 0 saturated carbocycles. The van der Waals surface area contributed by atoms with Crippen LogP contribution in [0.5, 0.6) is 0 Å². The fourth-order valence-corrected chi connectivity index (χ4v) is 3.14. The second-order valence-electron chi connectivity index (χ2n) is 7.20.